The predicted octanol–water partition coefficient (Wildman–Crippen LogP) is 2.17. The highest BCUT2D eigenvalue weighted by molar-refractivity contribution is 6.32. The van der Waals surface area contributed by atoms with Crippen LogP contribution >= 0.6 is 11.6 Å². The van der Waals surface area contributed by atoms with Crippen LogP contribution in [0.15, 0.2) is 30.5 Å². The van der Waals surface area contributed by atoms with Gasteiger partial charge in [-0.2, -0.15) is 10.4 Å². The molecule has 1 aromatic carbocycles. The van der Waals surface area contributed by atoms with Crippen molar-refractivity contribution in [1.82, 2.24) is 9.78 Å². The van der Waals surface area contributed by atoms with Crippen LogP contribution in [0.2, 0.25) is 5.02 Å². The topological polar surface area (TPSA) is 67.6 Å². The Morgan fingerprint density at radius 2 is 2.19 bits per heavy atom. The molecule has 0 fully saturated rings. The molecule has 4 nitrogen and oxygen atoms in total. The van der Waals surface area contributed by atoms with Gasteiger partial charge in [0.2, 0.25) is 0 Å². The van der Waals surface area contributed by atoms with Gasteiger partial charge >= 0.3 is 0 Å². The van der Waals surface area contributed by atoms with Crippen LogP contribution in [0.1, 0.15) is 5.56 Å². The van der Waals surface area contributed by atoms with Crippen molar-refractivity contribution < 1.29 is 0 Å². The molecule has 80 valence electrons. The van der Waals surface area contributed by atoms with Crippen molar-refractivity contribution in [3.8, 4) is 11.8 Å². The Hall–Kier alpha value is -1.99. The predicted molar refractivity (Wildman–Crippen MR) is 62.3 cm³/mol. The zero-order valence-electron chi connectivity index (χ0n) is 8.39. The molecule has 0 spiro atoms. The van der Waals surface area contributed by atoms with Gasteiger partial charge in [-0.1, -0.05) is 23.7 Å². The second-order valence-corrected chi connectivity index (χ2v) is 3.66. The molecule has 16 heavy (non-hydrogen) atoms. The van der Waals surface area contributed by atoms with Crippen LogP contribution < -0.4 is 5.73 Å². The maximum Gasteiger partial charge on any atom is 0.131 e. The monoisotopic (exact) mass is 232 g/mol. The van der Waals surface area contributed by atoms with Crippen LogP contribution in [0, 0.1) is 11.3 Å². The molecule has 1 aromatic heterocycles. The highest BCUT2D eigenvalue weighted by atomic mass is 35.5. The van der Waals surface area contributed by atoms with E-state index >= 15 is 0 Å². The Bertz CT molecular complexity index is 553. The van der Waals surface area contributed by atoms with Crippen molar-refractivity contribution in [2.75, 3.05) is 5.73 Å². The first kappa shape index (κ1) is 10.5. The van der Waals surface area contributed by atoms with Gasteiger partial charge in [-0.05, 0) is 12.1 Å². The number of hydrogen-bond acceptors (Lipinski definition) is 3. The van der Waals surface area contributed by atoms with E-state index in [0.29, 0.717) is 22.1 Å². The van der Waals surface area contributed by atoms with E-state index in [-0.39, 0.29) is 6.42 Å². The van der Waals surface area contributed by atoms with Crippen molar-refractivity contribution in [2.24, 2.45) is 0 Å². The van der Waals surface area contributed by atoms with Gasteiger partial charge < -0.3 is 5.73 Å². The molecule has 2 rings (SSSR count). The summed E-state index contributed by atoms with van der Waals surface area (Å²) in [5.74, 6) is 0.453. The van der Waals surface area contributed by atoms with Crippen LogP contribution in [0.25, 0.3) is 5.69 Å². The Balaban J connectivity index is 2.50. The van der Waals surface area contributed by atoms with Crippen molar-refractivity contribution in [2.45, 2.75) is 6.42 Å². The summed E-state index contributed by atoms with van der Waals surface area (Å²) in [6, 6.07) is 9.31. The molecule has 0 unspecified atom stereocenters. The van der Waals surface area contributed by atoms with E-state index in [9.17, 15) is 0 Å². The van der Waals surface area contributed by atoms with Gasteiger partial charge in [-0.3, -0.25) is 0 Å². The highest BCUT2D eigenvalue weighted by Gasteiger charge is 2.10. The first-order chi connectivity index (χ1) is 7.74. The molecule has 0 amide bonds. The molecule has 0 saturated heterocycles. The van der Waals surface area contributed by atoms with E-state index in [4.69, 9.17) is 22.6 Å². The van der Waals surface area contributed by atoms with E-state index in [1.54, 1.807) is 12.3 Å². The molecule has 2 N–H and O–H groups in total. The van der Waals surface area contributed by atoms with Gasteiger partial charge in [0.1, 0.15) is 5.82 Å². The number of benzene rings is 1. The van der Waals surface area contributed by atoms with Gasteiger partial charge in [-0.25, -0.2) is 4.68 Å². The fourth-order valence-electron chi connectivity index (χ4n) is 1.43. The summed E-state index contributed by atoms with van der Waals surface area (Å²) in [6.07, 6.45) is 1.83. The van der Waals surface area contributed by atoms with Crippen LogP contribution in [-0.4, -0.2) is 9.78 Å². The van der Waals surface area contributed by atoms with Crippen LogP contribution in [0.4, 0.5) is 5.82 Å². The van der Waals surface area contributed by atoms with Crippen LogP contribution in [-0.2, 0) is 6.42 Å². The highest BCUT2D eigenvalue weighted by Crippen LogP contribution is 2.23. The Morgan fingerprint density at radius 1 is 1.44 bits per heavy atom. The Kier molecular flexibility index (Phi) is 2.80. The van der Waals surface area contributed by atoms with Crippen LogP contribution in [0.3, 0.4) is 0 Å². The van der Waals surface area contributed by atoms with Crippen molar-refractivity contribution >= 4 is 17.4 Å². The first-order valence-electron chi connectivity index (χ1n) is 4.68. The lowest BCUT2D eigenvalue weighted by atomic mass is 10.2. The molecule has 0 bridgehead atoms. The number of halogens is 1. The smallest absolute Gasteiger partial charge is 0.131 e. The second-order valence-electron chi connectivity index (χ2n) is 3.25. The number of para-hydroxylation sites is 1. The summed E-state index contributed by atoms with van der Waals surface area (Å²) < 4.78 is 1.54. The minimum Gasteiger partial charge on any atom is -0.383 e. The lowest BCUT2D eigenvalue weighted by Gasteiger charge is -2.06. The molecule has 1 heterocycles. The molecule has 2 aromatic rings. The average molecular weight is 233 g/mol. The van der Waals surface area contributed by atoms with Crippen LogP contribution in [0.5, 0.6) is 0 Å². The van der Waals surface area contributed by atoms with Gasteiger partial charge in [0.15, 0.2) is 0 Å². The normalized spacial score (nSPS) is 10.0. The quantitative estimate of drug-likeness (QED) is 0.863. The first-order valence-corrected chi connectivity index (χ1v) is 5.06. The van der Waals surface area contributed by atoms with Gasteiger partial charge in [0.05, 0.1) is 29.4 Å². The van der Waals surface area contributed by atoms with E-state index in [2.05, 4.69) is 5.10 Å². The number of nitrogen functional groups attached to an aromatic ring is 1. The summed E-state index contributed by atoms with van der Waals surface area (Å²) in [4.78, 5) is 0. The van der Waals surface area contributed by atoms with E-state index in [1.807, 2.05) is 24.3 Å². The van der Waals surface area contributed by atoms with Crippen molar-refractivity contribution in [3.05, 3.63) is 41.0 Å². The average Bonchev–Trinajstić information content (AvgIpc) is 2.62. The molecule has 0 atom stereocenters. The van der Waals surface area contributed by atoms with E-state index in [1.165, 1.54) is 4.68 Å². The number of nitriles is 1. The Morgan fingerprint density at radius 3 is 2.88 bits per heavy atom. The van der Waals surface area contributed by atoms with Crippen molar-refractivity contribution in [1.29, 1.82) is 5.26 Å². The molecular formula is C11H9ClN4. The summed E-state index contributed by atoms with van der Waals surface area (Å²) >= 11 is 6.04. The number of nitrogens with two attached hydrogens (primary N) is 1. The molecule has 0 radical (unpaired) electrons. The summed E-state index contributed by atoms with van der Waals surface area (Å²) in [7, 11) is 0. The summed E-state index contributed by atoms with van der Waals surface area (Å²) in [6.45, 7) is 0. The zero-order chi connectivity index (χ0) is 11.5. The summed E-state index contributed by atoms with van der Waals surface area (Å²) in [5, 5.41) is 13.3. The largest absolute Gasteiger partial charge is 0.383 e. The van der Waals surface area contributed by atoms with Crippen molar-refractivity contribution in [3.63, 3.8) is 0 Å². The zero-order valence-corrected chi connectivity index (χ0v) is 9.15. The Labute approximate surface area is 97.9 Å². The maximum atomic E-state index is 8.61. The third-order valence-corrected chi connectivity index (χ3v) is 2.56. The standard InChI is InChI=1S/C11H9ClN4/c12-9-3-1-2-4-10(9)16-11(14)8(5-6-13)7-15-16/h1-4,7H,5,14H2. The lowest BCUT2D eigenvalue weighted by molar-refractivity contribution is 0.891. The molecule has 0 aliphatic carbocycles. The number of aromatic nitrogens is 2. The minimum atomic E-state index is 0.246. The third-order valence-electron chi connectivity index (χ3n) is 2.24. The minimum absolute atomic E-state index is 0.246. The maximum absolute atomic E-state index is 8.61. The van der Waals surface area contributed by atoms with Gasteiger partial charge in [-0.15, -0.1) is 0 Å². The fourth-order valence-corrected chi connectivity index (χ4v) is 1.64. The molecule has 0 aliphatic heterocycles. The molecule has 0 saturated carbocycles. The lowest BCUT2D eigenvalue weighted by Crippen LogP contribution is -2.03. The summed E-state index contributed by atoms with van der Waals surface area (Å²) in [5.41, 5.74) is 7.31. The fraction of sp³-hybridized carbons (Fsp3) is 0.0909. The number of nitrogens with zero attached hydrogens (tertiary/aromatic N) is 3. The SMILES string of the molecule is N#CCc1cnn(-c2ccccc2Cl)c1N. The molecule has 0 aliphatic rings. The molecule has 5 heteroatoms. The number of rotatable bonds is 2. The number of anilines is 1. The number of hydrogen-bond donors (Lipinski definition) is 1. The van der Waals surface area contributed by atoms with E-state index < -0.39 is 0 Å². The third kappa shape index (κ3) is 1.73. The molecular weight excluding hydrogens is 224 g/mol. The van der Waals surface area contributed by atoms with Gasteiger partial charge in [0.25, 0.3) is 0 Å². The second kappa shape index (κ2) is 4.25. The van der Waals surface area contributed by atoms with E-state index in [0.717, 1.165) is 0 Å². The van der Waals surface area contributed by atoms with Gasteiger partial charge in [0, 0.05) is 5.56 Å².